The quantitative estimate of drug-likeness (QED) is 0.784. The van der Waals surface area contributed by atoms with Crippen molar-refractivity contribution in [3.05, 3.63) is 40.5 Å². The van der Waals surface area contributed by atoms with Crippen LogP contribution in [0.2, 0.25) is 5.02 Å². The van der Waals surface area contributed by atoms with E-state index < -0.39 is 10.8 Å². The summed E-state index contributed by atoms with van der Waals surface area (Å²) in [5, 5.41) is 10.9. The summed E-state index contributed by atoms with van der Waals surface area (Å²) in [6.45, 7) is 2.64. The second-order valence-electron chi connectivity index (χ2n) is 9.42. The van der Waals surface area contributed by atoms with E-state index in [1.807, 2.05) is 6.07 Å². The SMILES string of the molecule is O=[S@@]1CCN(C2(CO)CCC2)c2nc(N3CC4(Cc5ccc(Cl)cc5C4)C3)ncc21. The maximum absolute atomic E-state index is 12.6. The fourth-order valence-corrected chi connectivity index (χ4v) is 7.03. The van der Waals surface area contributed by atoms with Crippen LogP contribution in [0.4, 0.5) is 11.8 Å². The molecule has 3 heterocycles. The third-order valence-corrected chi connectivity index (χ3v) is 9.08. The van der Waals surface area contributed by atoms with Gasteiger partial charge in [-0.05, 0) is 55.4 Å². The Bertz CT molecular complexity index is 1050. The normalized spacial score (nSPS) is 25.5. The van der Waals surface area contributed by atoms with Gasteiger partial charge in [0.1, 0.15) is 0 Å². The van der Waals surface area contributed by atoms with Gasteiger partial charge in [-0.2, -0.15) is 4.98 Å². The summed E-state index contributed by atoms with van der Waals surface area (Å²) >= 11 is 6.18. The highest BCUT2D eigenvalue weighted by Crippen LogP contribution is 2.47. The van der Waals surface area contributed by atoms with Gasteiger partial charge in [0.15, 0.2) is 5.82 Å². The first-order valence-corrected chi connectivity index (χ1v) is 12.4. The number of aliphatic hydroxyl groups is 1. The van der Waals surface area contributed by atoms with Crippen LogP contribution in [0.5, 0.6) is 0 Å². The Morgan fingerprint density at radius 2 is 2.00 bits per heavy atom. The van der Waals surface area contributed by atoms with Gasteiger partial charge in [-0.1, -0.05) is 17.7 Å². The largest absolute Gasteiger partial charge is 0.394 e. The molecule has 1 atom stereocenters. The molecule has 8 heteroatoms. The summed E-state index contributed by atoms with van der Waals surface area (Å²) in [7, 11) is -1.07. The Hall–Kier alpha value is -1.70. The van der Waals surface area contributed by atoms with Gasteiger partial charge < -0.3 is 14.9 Å². The fourth-order valence-electron chi connectivity index (χ4n) is 5.74. The first kappa shape index (κ1) is 19.0. The highest BCUT2D eigenvalue weighted by Gasteiger charge is 2.49. The first-order chi connectivity index (χ1) is 14.5. The van der Waals surface area contributed by atoms with Crippen molar-refractivity contribution in [2.45, 2.75) is 42.5 Å². The van der Waals surface area contributed by atoms with Crippen molar-refractivity contribution in [2.24, 2.45) is 5.41 Å². The molecule has 1 aromatic carbocycles. The lowest BCUT2D eigenvalue weighted by Gasteiger charge is -2.52. The number of benzene rings is 1. The van der Waals surface area contributed by atoms with Crippen LogP contribution in [0.3, 0.4) is 0 Å². The average Bonchev–Trinajstić information content (AvgIpc) is 3.07. The van der Waals surface area contributed by atoms with E-state index in [-0.39, 0.29) is 17.6 Å². The monoisotopic (exact) mass is 444 g/mol. The van der Waals surface area contributed by atoms with Crippen LogP contribution in [0.1, 0.15) is 30.4 Å². The maximum Gasteiger partial charge on any atom is 0.227 e. The topological polar surface area (TPSA) is 69.6 Å². The molecule has 1 saturated heterocycles. The molecular weight excluding hydrogens is 420 g/mol. The van der Waals surface area contributed by atoms with E-state index in [0.29, 0.717) is 23.1 Å². The Balaban J connectivity index is 1.26. The zero-order valence-corrected chi connectivity index (χ0v) is 18.4. The maximum atomic E-state index is 12.6. The van der Waals surface area contributed by atoms with Crippen molar-refractivity contribution in [3.8, 4) is 0 Å². The van der Waals surface area contributed by atoms with Crippen molar-refractivity contribution in [3.63, 3.8) is 0 Å². The molecule has 1 spiro atoms. The number of hydrogen-bond donors (Lipinski definition) is 1. The molecule has 0 amide bonds. The van der Waals surface area contributed by atoms with Crippen LogP contribution in [0.25, 0.3) is 0 Å². The van der Waals surface area contributed by atoms with E-state index in [9.17, 15) is 9.32 Å². The number of rotatable bonds is 3. The minimum absolute atomic E-state index is 0.117. The summed E-state index contributed by atoms with van der Waals surface area (Å²) < 4.78 is 12.6. The molecule has 2 aromatic rings. The molecular formula is C22H25ClN4O2S. The van der Waals surface area contributed by atoms with E-state index >= 15 is 0 Å². The van der Waals surface area contributed by atoms with E-state index in [4.69, 9.17) is 16.6 Å². The molecule has 1 aromatic heterocycles. The van der Waals surface area contributed by atoms with Crippen LogP contribution in [0.15, 0.2) is 29.3 Å². The predicted molar refractivity (Wildman–Crippen MR) is 118 cm³/mol. The minimum Gasteiger partial charge on any atom is -0.394 e. The smallest absolute Gasteiger partial charge is 0.227 e. The van der Waals surface area contributed by atoms with Crippen molar-refractivity contribution in [1.82, 2.24) is 9.97 Å². The third-order valence-electron chi connectivity index (χ3n) is 7.51. The van der Waals surface area contributed by atoms with Crippen LogP contribution in [0, 0.1) is 5.41 Å². The van der Waals surface area contributed by atoms with Crippen LogP contribution in [-0.4, -0.2) is 56.8 Å². The van der Waals surface area contributed by atoms with Crippen LogP contribution < -0.4 is 9.80 Å². The summed E-state index contributed by atoms with van der Waals surface area (Å²) in [6, 6.07) is 6.24. The minimum atomic E-state index is -1.07. The number of fused-ring (bicyclic) bond motifs is 2. The zero-order chi connectivity index (χ0) is 20.5. The zero-order valence-electron chi connectivity index (χ0n) is 16.8. The van der Waals surface area contributed by atoms with Gasteiger partial charge in [-0.25, -0.2) is 4.98 Å². The molecule has 2 fully saturated rings. The lowest BCUT2D eigenvalue weighted by atomic mass is 9.76. The molecule has 0 unspecified atom stereocenters. The molecule has 2 aliphatic heterocycles. The summed E-state index contributed by atoms with van der Waals surface area (Å²) in [5.41, 5.74) is 2.77. The van der Waals surface area contributed by atoms with Crippen LogP contribution in [-0.2, 0) is 23.6 Å². The number of aliphatic hydroxyl groups excluding tert-OH is 1. The van der Waals surface area contributed by atoms with Gasteiger partial charge in [0.2, 0.25) is 5.95 Å². The van der Waals surface area contributed by atoms with Gasteiger partial charge in [-0.15, -0.1) is 0 Å². The lowest BCUT2D eigenvalue weighted by Crippen LogP contribution is -2.60. The molecule has 6 nitrogen and oxygen atoms in total. The van der Waals surface area contributed by atoms with Crippen molar-refractivity contribution < 1.29 is 9.32 Å². The molecule has 1 saturated carbocycles. The standard InChI is InChI=1S/C22H25ClN4O2S/c23-17-3-2-15-9-21(10-16(15)8-17)12-26(13-21)20-24-11-18-19(25-20)27(6-7-30(18)29)22(14-28)4-1-5-22/h2-3,8,11,28H,1,4-7,9-10,12-14H2/t30-/m1/s1. The van der Waals surface area contributed by atoms with E-state index in [2.05, 4.69) is 26.9 Å². The number of hydrogen-bond acceptors (Lipinski definition) is 6. The first-order valence-electron chi connectivity index (χ1n) is 10.7. The lowest BCUT2D eigenvalue weighted by molar-refractivity contribution is 0.115. The van der Waals surface area contributed by atoms with E-state index in [1.54, 1.807) is 6.20 Å². The van der Waals surface area contributed by atoms with Gasteiger partial charge in [-0.3, -0.25) is 4.21 Å². The number of halogens is 1. The Kier molecular flexibility index (Phi) is 4.21. The third kappa shape index (κ3) is 2.75. The fraction of sp³-hybridized carbons (Fsp3) is 0.545. The second kappa shape index (κ2) is 6.65. The highest BCUT2D eigenvalue weighted by atomic mass is 35.5. The van der Waals surface area contributed by atoms with Gasteiger partial charge in [0, 0.05) is 35.8 Å². The van der Waals surface area contributed by atoms with Crippen molar-refractivity contribution >= 4 is 34.2 Å². The summed E-state index contributed by atoms with van der Waals surface area (Å²) in [5.74, 6) is 2.05. The Labute approximate surface area is 183 Å². The number of anilines is 2. The molecule has 0 bridgehead atoms. The molecule has 1 N–H and O–H groups in total. The van der Waals surface area contributed by atoms with Crippen molar-refractivity contribution in [1.29, 1.82) is 0 Å². The average molecular weight is 445 g/mol. The van der Waals surface area contributed by atoms with Crippen LogP contribution >= 0.6 is 11.6 Å². The predicted octanol–water partition coefficient (Wildman–Crippen LogP) is 2.58. The number of nitrogens with zero attached hydrogens (tertiary/aromatic N) is 4. The van der Waals surface area contributed by atoms with Gasteiger partial charge in [0.05, 0.1) is 34.0 Å². The van der Waals surface area contributed by atoms with Gasteiger partial charge >= 0.3 is 0 Å². The molecule has 6 rings (SSSR count). The van der Waals surface area contributed by atoms with E-state index in [0.717, 1.165) is 56.0 Å². The molecule has 0 radical (unpaired) electrons. The molecule has 2 aliphatic carbocycles. The van der Waals surface area contributed by atoms with Gasteiger partial charge in [0.25, 0.3) is 0 Å². The Morgan fingerprint density at radius 3 is 2.73 bits per heavy atom. The second-order valence-corrected chi connectivity index (χ2v) is 11.4. The van der Waals surface area contributed by atoms with Crippen molar-refractivity contribution in [2.75, 3.05) is 41.8 Å². The Morgan fingerprint density at radius 1 is 1.20 bits per heavy atom. The van der Waals surface area contributed by atoms with E-state index in [1.165, 1.54) is 11.1 Å². The highest BCUT2D eigenvalue weighted by molar-refractivity contribution is 7.85. The molecule has 4 aliphatic rings. The molecule has 158 valence electrons. The summed E-state index contributed by atoms with van der Waals surface area (Å²) in [4.78, 5) is 14.6. The molecule has 30 heavy (non-hydrogen) atoms. The summed E-state index contributed by atoms with van der Waals surface area (Å²) in [6.07, 6.45) is 6.91. The number of aromatic nitrogens is 2.